The van der Waals surface area contributed by atoms with Crippen molar-refractivity contribution in [1.29, 1.82) is 0 Å². The second-order valence-electron chi connectivity index (χ2n) is 5.06. The quantitative estimate of drug-likeness (QED) is 0.356. The van der Waals surface area contributed by atoms with Gasteiger partial charge in [0.1, 0.15) is 0 Å². The molecule has 0 amide bonds. The molecule has 0 nitrogen and oxygen atoms in total. The molecule has 4 rings (SSSR count). The summed E-state index contributed by atoms with van der Waals surface area (Å²) in [6, 6.07) is 30.2. The minimum absolute atomic E-state index is 0. The molecular weight excluding hydrogens is 252 g/mol. The van der Waals surface area contributed by atoms with Crippen molar-refractivity contribution in [2.45, 2.75) is 7.43 Å². The maximum atomic E-state index is 2.30. The van der Waals surface area contributed by atoms with Gasteiger partial charge in [0.2, 0.25) is 0 Å². The molecule has 0 heterocycles. The van der Waals surface area contributed by atoms with Crippen molar-refractivity contribution >= 4 is 21.5 Å². The molecule has 0 saturated carbocycles. The second kappa shape index (κ2) is 5.41. The zero-order valence-electron chi connectivity index (χ0n) is 11.1. The molecule has 0 radical (unpaired) electrons. The van der Waals surface area contributed by atoms with Crippen LogP contribution in [0.1, 0.15) is 7.43 Å². The van der Waals surface area contributed by atoms with E-state index in [0.29, 0.717) is 0 Å². The van der Waals surface area contributed by atoms with Crippen LogP contribution in [-0.4, -0.2) is 0 Å². The summed E-state index contributed by atoms with van der Waals surface area (Å²) >= 11 is 0. The van der Waals surface area contributed by atoms with Crippen LogP contribution in [0.2, 0.25) is 0 Å². The zero-order valence-corrected chi connectivity index (χ0v) is 11.1. The van der Waals surface area contributed by atoms with Crippen molar-refractivity contribution < 1.29 is 0 Å². The molecule has 4 aromatic carbocycles. The molecule has 0 fully saturated rings. The van der Waals surface area contributed by atoms with Gasteiger partial charge in [0, 0.05) is 0 Å². The zero-order chi connectivity index (χ0) is 13.4. The molecule has 4 aromatic rings. The van der Waals surface area contributed by atoms with Crippen LogP contribution >= 0.6 is 0 Å². The molecule has 102 valence electrons. The molecule has 21 heavy (non-hydrogen) atoms. The van der Waals surface area contributed by atoms with E-state index in [9.17, 15) is 0 Å². The maximum absolute atomic E-state index is 2.30. The Morgan fingerprint density at radius 2 is 1.05 bits per heavy atom. The Kier molecular flexibility index (Phi) is 3.45. The monoisotopic (exact) mass is 270 g/mol. The lowest BCUT2D eigenvalue weighted by Crippen LogP contribution is -1.83. The van der Waals surface area contributed by atoms with Gasteiger partial charge in [-0.25, -0.2) is 0 Å². The Bertz CT molecular complexity index is 889. The minimum atomic E-state index is 0. The average molecular weight is 270 g/mol. The van der Waals surface area contributed by atoms with Gasteiger partial charge in [-0.05, 0) is 38.7 Å². The van der Waals surface area contributed by atoms with Gasteiger partial charge in [-0.2, -0.15) is 0 Å². The van der Waals surface area contributed by atoms with Crippen LogP contribution < -0.4 is 0 Å². The lowest BCUT2D eigenvalue weighted by Gasteiger charge is -2.10. The molecule has 0 N–H and O–H groups in total. The average Bonchev–Trinajstić information content (AvgIpc) is 2.55. The predicted octanol–water partition coefficient (Wildman–Crippen LogP) is 6.30. The first-order chi connectivity index (χ1) is 9.93. The van der Waals surface area contributed by atoms with Gasteiger partial charge in [-0.15, -0.1) is 0 Å². The van der Waals surface area contributed by atoms with E-state index in [2.05, 4.69) is 84.9 Å². The first-order valence-electron chi connectivity index (χ1n) is 6.89. The van der Waals surface area contributed by atoms with Gasteiger partial charge >= 0.3 is 0 Å². The van der Waals surface area contributed by atoms with E-state index in [4.69, 9.17) is 0 Å². The summed E-state index contributed by atoms with van der Waals surface area (Å²) in [5.74, 6) is 0. The standard InChI is InChI=1S/C20H14.CH4/c1-2-8-15(9-3-1)20-14-16-10-4-5-11-17(16)18-12-6-7-13-19(18)20;/h1-14H;1H4. The van der Waals surface area contributed by atoms with Crippen molar-refractivity contribution in [2.75, 3.05) is 0 Å². The van der Waals surface area contributed by atoms with E-state index in [0.717, 1.165) is 0 Å². The number of hydrogen-bond donors (Lipinski definition) is 0. The summed E-state index contributed by atoms with van der Waals surface area (Å²) in [4.78, 5) is 0. The van der Waals surface area contributed by atoms with E-state index in [1.165, 1.54) is 32.7 Å². The molecule has 0 aliphatic rings. The first kappa shape index (κ1) is 13.4. The number of hydrogen-bond acceptors (Lipinski definition) is 0. The molecule has 0 bridgehead atoms. The molecule has 0 heteroatoms. The summed E-state index contributed by atoms with van der Waals surface area (Å²) in [7, 11) is 0. The van der Waals surface area contributed by atoms with Crippen LogP contribution in [0, 0.1) is 0 Å². The van der Waals surface area contributed by atoms with Crippen molar-refractivity contribution in [3.63, 3.8) is 0 Å². The molecule has 0 aromatic heterocycles. The van der Waals surface area contributed by atoms with Crippen molar-refractivity contribution in [3.05, 3.63) is 84.9 Å². The lowest BCUT2D eigenvalue weighted by molar-refractivity contribution is 1.66. The van der Waals surface area contributed by atoms with Crippen LogP contribution in [-0.2, 0) is 0 Å². The third kappa shape index (κ3) is 2.19. The normalized spacial score (nSPS) is 10.5. The summed E-state index contributed by atoms with van der Waals surface area (Å²) in [5, 5.41) is 5.26. The van der Waals surface area contributed by atoms with E-state index < -0.39 is 0 Å². The topological polar surface area (TPSA) is 0 Å². The van der Waals surface area contributed by atoms with Gasteiger partial charge in [-0.3, -0.25) is 0 Å². The van der Waals surface area contributed by atoms with E-state index >= 15 is 0 Å². The second-order valence-corrected chi connectivity index (χ2v) is 5.06. The Hall–Kier alpha value is -2.60. The molecule has 0 aliphatic carbocycles. The third-order valence-electron chi connectivity index (χ3n) is 3.85. The molecule has 0 unspecified atom stereocenters. The fourth-order valence-corrected chi connectivity index (χ4v) is 2.91. The highest BCUT2D eigenvalue weighted by Gasteiger charge is 2.07. The SMILES string of the molecule is C.c1ccc(-c2cc3ccccc3c3ccccc23)cc1. The van der Waals surface area contributed by atoms with Gasteiger partial charge in [0.25, 0.3) is 0 Å². The predicted molar refractivity (Wildman–Crippen MR) is 93.6 cm³/mol. The van der Waals surface area contributed by atoms with Crippen LogP contribution in [0.5, 0.6) is 0 Å². The molecular formula is C21H18. The molecule has 0 atom stereocenters. The summed E-state index contributed by atoms with van der Waals surface area (Å²) < 4.78 is 0. The van der Waals surface area contributed by atoms with Crippen LogP contribution in [0.4, 0.5) is 0 Å². The van der Waals surface area contributed by atoms with E-state index in [-0.39, 0.29) is 7.43 Å². The summed E-state index contributed by atoms with van der Waals surface area (Å²) in [6.07, 6.45) is 0. The van der Waals surface area contributed by atoms with E-state index in [1.54, 1.807) is 0 Å². The fraction of sp³-hybridized carbons (Fsp3) is 0.0476. The Labute approximate surface area is 125 Å². The Morgan fingerprint density at radius 3 is 1.81 bits per heavy atom. The Morgan fingerprint density at radius 1 is 0.476 bits per heavy atom. The minimum Gasteiger partial charge on any atom is -0.0776 e. The highest BCUT2D eigenvalue weighted by Crippen LogP contribution is 2.34. The highest BCUT2D eigenvalue weighted by atomic mass is 14.1. The Balaban J connectivity index is 0.00000132. The maximum Gasteiger partial charge on any atom is -0.00990 e. The lowest BCUT2D eigenvalue weighted by atomic mass is 9.93. The molecule has 0 aliphatic heterocycles. The number of benzene rings is 4. The fourth-order valence-electron chi connectivity index (χ4n) is 2.91. The van der Waals surface area contributed by atoms with Gasteiger partial charge in [0.15, 0.2) is 0 Å². The van der Waals surface area contributed by atoms with Crippen LogP contribution in [0.3, 0.4) is 0 Å². The highest BCUT2D eigenvalue weighted by molar-refractivity contribution is 6.13. The number of fused-ring (bicyclic) bond motifs is 3. The van der Waals surface area contributed by atoms with Crippen LogP contribution in [0.15, 0.2) is 84.9 Å². The van der Waals surface area contributed by atoms with Gasteiger partial charge in [-0.1, -0.05) is 86.3 Å². The summed E-state index contributed by atoms with van der Waals surface area (Å²) in [6.45, 7) is 0. The number of rotatable bonds is 1. The third-order valence-corrected chi connectivity index (χ3v) is 3.85. The van der Waals surface area contributed by atoms with Gasteiger partial charge in [0.05, 0.1) is 0 Å². The van der Waals surface area contributed by atoms with Crippen molar-refractivity contribution in [3.8, 4) is 11.1 Å². The summed E-state index contributed by atoms with van der Waals surface area (Å²) in [5.41, 5.74) is 2.58. The smallest absolute Gasteiger partial charge is 0.00990 e. The van der Waals surface area contributed by atoms with Crippen LogP contribution in [0.25, 0.3) is 32.7 Å². The first-order valence-corrected chi connectivity index (χ1v) is 6.89. The van der Waals surface area contributed by atoms with Gasteiger partial charge < -0.3 is 0 Å². The van der Waals surface area contributed by atoms with Crippen molar-refractivity contribution in [2.24, 2.45) is 0 Å². The largest absolute Gasteiger partial charge is 0.0776 e. The molecule has 0 saturated heterocycles. The van der Waals surface area contributed by atoms with Crippen molar-refractivity contribution in [1.82, 2.24) is 0 Å². The van der Waals surface area contributed by atoms with E-state index in [1.807, 2.05) is 0 Å². The molecule has 0 spiro atoms.